The monoisotopic (exact) mass is 306 g/mol. The highest BCUT2D eigenvalue weighted by Gasteiger charge is 2.11. The Hall–Kier alpha value is -2.03. The molecule has 0 radical (unpaired) electrons. The van der Waals surface area contributed by atoms with Gasteiger partial charge in [0.1, 0.15) is 0 Å². The number of morpholine rings is 1. The van der Waals surface area contributed by atoms with Gasteiger partial charge in [-0.05, 0) is 19.2 Å². The highest BCUT2D eigenvalue weighted by Crippen LogP contribution is 2.17. The quantitative estimate of drug-likeness (QED) is 0.821. The fourth-order valence-corrected chi connectivity index (χ4v) is 2.05. The molecule has 0 amide bonds. The summed E-state index contributed by atoms with van der Waals surface area (Å²) < 4.78 is 10.9. The lowest BCUT2D eigenvalue weighted by atomic mass is 10.3. The van der Waals surface area contributed by atoms with Gasteiger partial charge in [-0.3, -0.25) is 9.88 Å². The van der Waals surface area contributed by atoms with Crippen molar-refractivity contribution in [3.63, 3.8) is 0 Å². The first kappa shape index (κ1) is 16.3. The second-order valence-electron chi connectivity index (χ2n) is 4.53. The Bertz CT molecular complexity index is 527. The van der Waals surface area contributed by atoms with Gasteiger partial charge in [-0.15, -0.1) is 5.10 Å². The first-order valence-electron chi connectivity index (χ1n) is 7.27. The molecule has 0 bridgehead atoms. The van der Waals surface area contributed by atoms with Crippen molar-refractivity contribution >= 4 is 6.01 Å². The van der Waals surface area contributed by atoms with Gasteiger partial charge in [-0.2, -0.15) is 0 Å². The maximum atomic E-state index is 5.54. The fourth-order valence-electron chi connectivity index (χ4n) is 2.05. The van der Waals surface area contributed by atoms with E-state index < -0.39 is 0 Å². The molecule has 1 aliphatic heterocycles. The van der Waals surface area contributed by atoms with E-state index in [9.17, 15) is 0 Å². The summed E-state index contributed by atoms with van der Waals surface area (Å²) in [6, 6.07) is 4.17. The minimum Gasteiger partial charge on any atom is -0.403 e. The van der Waals surface area contributed by atoms with Crippen LogP contribution in [0.3, 0.4) is 0 Å². The zero-order valence-corrected chi connectivity index (χ0v) is 12.7. The first-order chi connectivity index (χ1) is 10.9. The lowest BCUT2D eigenvalue weighted by Crippen LogP contribution is -2.39. The topological polar surface area (TPSA) is 102 Å². The zero-order valence-electron chi connectivity index (χ0n) is 12.7. The molecule has 3 rings (SSSR count). The van der Waals surface area contributed by atoms with Gasteiger partial charge in [0, 0.05) is 38.6 Å². The number of aromatic nitrogens is 3. The lowest BCUT2D eigenvalue weighted by molar-refractivity contribution is 0.0398. The van der Waals surface area contributed by atoms with Gasteiger partial charge in [0.15, 0.2) is 0 Å². The van der Waals surface area contributed by atoms with E-state index in [-0.39, 0.29) is 0 Å². The van der Waals surface area contributed by atoms with Gasteiger partial charge in [0.05, 0.1) is 18.8 Å². The van der Waals surface area contributed by atoms with Crippen molar-refractivity contribution in [2.45, 2.75) is 0 Å². The Balaban J connectivity index is 0.000000847. The van der Waals surface area contributed by atoms with E-state index in [1.165, 1.54) is 7.05 Å². The predicted molar refractivity (Wildman–Crippen MR) is 83.4 cm³/mol. The van der Waals surface area contributed by atoms with Gasteiger partial charge in [0.2, 0.25) is 0 Å². The Morgan fingerprint density at radius 1 is 1.27 bits per heavy atom. The van der Waals surface area contributed by atoms with Crippen molar-refractivity contribution in [3.05, 3.63) is 24.5 Å². The van der Waals surface area contributed by atoms with Gasteiger partial charge < -0.3 is 20.2 Å². The minimum absolute atomic E-state index is 0.442. The van der Waals surface area contributed by atoms with Gasteiger partial charge >= 0.3 is 6.01 Å². The standard InChI is InChI=1S/C13H17N5O2.CH5N/c1-2-11(10-14-3-1)12-16-17-13(20-12)15-4-5-18-6-8-19-9-7-18;1-2/h1-3,10H,4-9H2,(H,15,17);2H2,1H3. The molecule has 0 unspecified atom stereocenters. The van der Waals surface area contributed by atoms with Crippen LogP contribution in [-0.4, -0.2) is 66.5 Å². The zero-order chi connectivity index (χ0) is 15.6. The second kappa shape index (κ2) is 9.08. The fraction of sp³-hybridized carbons (Fsp3) is 0.500. The van der Waals surface area contributed by atoms with Crippen molar-refractivity contribution in [1.29, 1.82) is 0 Å². The number of hydrogen-bond acceptors (Lipinski definition) is 8. The van der Waals surface area contributed by atoms with Crippen LogP contribution in [0.15, 0.2) is 28.9 Å². The molecule has 22 heavy (non-hydrogen) atoms. The van der Waals surface area contributed by atoms with Crippen LogP contribution in [0.2, 0.25) is 0 Å². The summed E-state index contributed by atoms with van der Waals surface area (Å²) in [4.78, 5) is 6.37. The highest BCUT2D eigenvalue weighted by atomic mass is 16.5. The predicted octanol–water partition coefficient (Wildman–Crippen LogP) is 0.451. The van der Waals surface area contributed by atoms with E-state index in [0.717, 1.165) is 45.0 Å². The molecule has 0 aliphatic carbocycles. The Kier molecular flexibility index (Phi) is 6.75. The molecule has 0 spiro atoms. The molecule has 1 saturated heterocycles. The largest absolute Gasteiger partial charge is 0.403 e. The molecule has 120 valence electrons. The molecule has 1 fully saturated rings. The summed E-state index contributed by atoms with van der Waals surface area (Å²) in [6.45, 7) is 5.29. The Labute approximate surface area is 129 Å². The summed E-state index contributed by atoms with van der Waals surface area (Å²) in [6.07, 6.45) is 3.41. The lowest BCUT2D eigenvalue weighted by Gasteiger charge is -2.26. The van der Waals surface area contributed by atoms with Crippen LogP contribution in [0.5, 0.6) is 0 Å². The summed E-state index contributed by atoms with van der Waals surface area (Å²) >= 11 is 0. The normalized spacial score (nSPS) is 15.0. The third-order valence-corrected chi connectivity index (χ3v) is 3.14. The minimum atomic E-state index is 0.442. The van der Waals surface area contributed by atoms with Crippen LogP contribution in [0.25, 0.3) is 11.5 Å². The molecule has 3 heterocycles. The number of nitrogens with zero attached hydrogens (tertiary/aromatic N) is 4. The number of nitrogens with two attached hydrogens (primary N) is 1. The van der Waals surface area contributed by atoms with Crippen LogP contribution >= 0.6 is 0 Å². The Morgan fingerprint density at radius 3 is 2.82 bits per heavy atom. The molecule has 0 saturated carbocycles. The van der Waals surface area contributed by atoms with Crippen LogP contribution in [0.4, 0.5) is 6.01 Å². The number of nitrogens with one attached hydrogen (secondary N) is 1. The Morgan fingerprint density at radius 2 is 2.09 bits per heavy atom. The van der Waals surface area contributed by atoms with Crippen LogP contribution in [0.1, 0.15) is 0 Å². The van der Waals surface area contributed by atoms with Crippen LogP contribution < -0.4 is 11.1 Å². The molecular formula is C14H22N6O2. The smallest absolute Gasteiger partial charge is 0.315 e. The molecule has 1 aliphatic rings. The maximum absolute atomic E-state index is 5.54. The van der Waals surface area contributed by atoms with Gasteiger partial charge in [0.25, 0.3) is 5.89 Å². The molecule has 0 atom stereocenters. The third-order valence-electron chi connectivity index (χ3n) is 3.14. The number of rotatable bonds is 5. The van der Waals surface area contributed by atoms with Crippen molar-refractivity contribution in [1.82, 2.24) is 20.1 Å². The molecule has 2 aromatic heterocycles. The van der Waals surface area contributed by atoms with E-state index in [2.05, 4.69) is 31.1 Å². The van der Waals surface area contributed by atoms with E-state index >= 15 is 0 Å². The third kappa shape index (κ3) is 4.76. The van der Waals surface area contributed by atoms with E-state index in [4.69, 9.17) is 9.15 Å². The summed E-state index contributed by atoms with van der Waals surface area (Å²) in [5, 5.41) is 11.1. The van der Waals surface area contributed by atoms with Crippen LogP contribution in [-0.2, 0) is 4.74 Å². The van der Waals surface area contributed by atoms with E-state index in [1.54, 1.807) is 12.4 Å². The van der Waals surface area contributed by atoms with Crippen molar-refractivity contribution in [2.24, 2.45) is 5.73 Å². The molecule has 2 aromatic rings. The summed E-state index contributed by atoms with van der Waals surface area (Å²) in [7, 11) is 1.50. The van der Waals surface area contributed by atoms with E-state index in [0.29, 0.717) is 11.9 Å². The molecular weight excluding hydrogens is 284 g/mol. The molecule has 3 N–H and O–H groups in total. The average molecular weight is 306 g/mol. The molecule has 8 heteroatoms. The highest BCUT2D eigenvalue weighted by molar-refractivity contribution is 5.51. The van der Waals surface area contributed by atoms with Crippen molar-refractivity contribution in [3.8, 4) is 11.5 Å². The van der Waals surface area contributed by atoms with Gasteiger partial charge in [-0.25, -0.2) is 0 Å². The summed E-state index contributed by atoms with van der Waals surface area (Å²) in [5.74, 6) is 0.479. The maximum Gasteiger partial charge on any atom is 0.315 e. The van der Waals surface area contributed by atoms with Crippen molar-refractivity contribution in [2.75, 3.05) is 51.8 Å². The number of pyridine rings is 1. The number of hydrogen-bond donors (Lipinski definition) is 2. The SMILES string of the molecule is CN.c1cncc(-c2nnc(NCCN3CCOCC3)o2)c1. The first-order valence-corrected chi connectivity index (χ1v) is 7.27. The average Bonchev–Trinajstić information content (AvgIpc) is 3.07. The van der Waals surface area contributed by atoms with Crippen molar-refractivity contribution < 1.29 is 9.15 Å². The second-order valence-corrected chi connectivity index (χ2v) is 4.53. The van der Waals surface area contributed by atoms with Crippen LogP contribution in [0, 0.1) is 0 Å². The summed E-state index contributed by atoms with van der Waals surface area (Å²) in [5.41, 5.74) is 5.32. The van der Waals surface area contributed by atoms with E-state index in [1.807, 2.05) is 12.1 Å². The van der Waals surface area contributed by atoms with Gasteiger partial charge in [-0.1, -0.05) is 5.10 Å². The molecule has 8 nitrogen and oxygen atoms in total. The number of ether oxygens (including phenoxy) is 1. The number of anilines is 1. The molecule has 0 aromatic carbocycles.